The molecule has 6 heteroatoms. The molecule has 13 heavy (non-hydrogen) atoms. The third-order valence-corrected chi connectivity index (χ3v) is 1.30. The van der Waals surface area contributed by atoms with Crippen molar-refractivity contribution in [3.05, 3.63) is 34.1 Å². The number of allylic oxidation sites excluding steroid dienone is 1. The predicted octanol–water partition coefficient (Wildman–Crippen LogP) is 1.97. The van der Waals surface area contributed by atoms with Crippen LogP contribution in [0.1, 0.15) is 5.76 Å². The Hall–Kier alpha value is -1.62. The first-order chi connectivity index (χ1) is 6.09. The van der Waals surface area contributed by atoms with E-state index in [9.17, 15) is 14.9 Å². The minimum atomic E-state index is -0.668. The molecule has 0 atom stereocenters. The zero-order valence-corrected chi connectivity index (χ0v) is 7.02. The molecule has 0 aromatic carbocycles. The maximum Gasteiger partial charge on any atom is 0.433 e. The monoisotopic (exact) mass is 201 g/mol. The van der Waals surface area contributed by atoms with Crippen LogP contribution in [-0.2, 0) is 4.79 Å². The maximum atomic E-state index is 10.3. The Bertz CT molecular complexity index is 368. The Balaban J connectivity index is 2.80. The molecule has 0 spiro atoms. The fourth-order valence-electron chi connectivity index (χ4n) is 0.678. The molecule has 1 heterocycles. The summed E-state index contributed by atoms with van der Waals surface area (Å²) in [7, 11) is 0. The lowest BCUT2D eigenvalue weighted by Gasteiger charge is -1.82. The molecule has 0 N–H and O–H groups in total. The van der Waals surface area contributed by atoms with E-state index in [4.69, 9.17) is 16.0 Å². The Morgan fingerprint density at radius 1 is 1.62 bits per heavy atom. The second-order valence-corrected chi connectivity index (χ2v) is 2.44. The summed E-state index contributed by atoms with van der Waals surface area (Å²) < 4.78 is 4.70. The third-order valence-electron chi connectivity index (χ3n) is 1.17. The minimum Gasteiger partial charge on any atom is -0.401 e. The quantitative estimate of drug-likeness (QED) is 0.324. The lowest BCUT2D eigenvalue weighted by Crippen LogP contribution is -1.82. The van der Waals surface area contributed by atoms with Crippen LogP contribution >= 0.6 is 11.6 Å². The van der Waals surface area contributed by atoms with E-state index in [1.165, 1.54) is 18.2 Å². The molecule has 0 radical (unpaired) electrons. The molecule has 0 saturated heterocycles. The van der Waals surface area contributed by atoms with Crippen LogP contribution in [0.2, 0.25) is 0 Å². The van der Waals surface area contributed by atoms with Gasteiger partial charge in [-0.1, -0.05) is 0 Å². The van der Waals surface area contributed by atoms with Gasteiger partial charge in [-0.2, -0.15) is 0 Å². The van der Waals surface area contributed by atoms with Gasteiger partial charge >= 0.3 is 5.88 Å². The van der Waals surface area contributed by atoms with E-state index >= 15 is 0 Å². The molecule has 0 aliphatic heterocycles. The number of nitrogens with zero attached hydrogens (tertiary/aromatic N) is 1. The Morgan fingerprint density at radius 2 is 2.31 bits per heavy atom. The van der Waals surface area contributed by atoms with Gasteiger partial charge in [0, 0.05) is 6.08 Å². The van der Waals surface area contributed by atoms with Crippen LogP contribution in [0.15, 0.2) is 22.6 Å². The summed E-state index contributed by atoms with van der Waals surface area (Å²) in [5, 5.41) is 9.48. The first kappa shape index (κ1) is 9.47. The number of rotatable bonds is 3. The van der Waals surface area contributed by atoms with Gasteiger partial charge in [0.05, 0.1) is 6.07 Å². The topological polar surface area (TPSA) is 73.3 Å². The highest BCUT2D eigenvalue weighted by atomic mass is 35.5. The van der Waals surface area contributed by atoms with E-state index in [1.54, 1.807) is 0 Å². The summed E-state index contributed by atoms with van der Waals surface area (Å²) in [5.41, 5.74) is 0. The molecular weight excluding hydrogens is 198 g/mol. The smallest absolute Gasteiger partial charge is 0.401 e. The largest absolute Gasteiger partial charge is 0.433 e. The van der Waals surface area contributed by atoms with Crippen molar-refractivity contribution in [2.45, 2.75) is 0 Å². The normalized spacial score (nSPS) is 10.5. The van der Waals surface area contributed by atoms with Gasteiger partial charge in [0.15, 0.2) is 0 Å². The average Bonchev–Trinajstić information content (AvgIpc) is 2.48. The highest BCUT2D eigenvalue weighted by molar-refractivity contribution is 6.66. The summed E-state index contributed by atoms with van der Waals surface area (Å²) in [6.07, 6.45) is 2.30. The zero-order chi connectivity index (χ0) is 9.84. The van der Waals surface area contributed by atoms with Crippen molar-refractivity contribution in [2.75, 3.05) is 0 Å². The van der Waals surface area contributed by atoms with Crippen LogP contribution in [-0.4, -0.2) is 10.2 Å². The van der Waals surface area contributed by atoms with Crippen molar-refractivity contribution >= 4 is 28.8 Å². The Labute approximate surface area is 77.7 Å². The van der Waals surface area contributed by atoms with Crippen LogP contribution in [0.25, 0.3) is 6.08 Å². The van der Waals surface area contributed by atoms with Crippen LogP contribution in [0.3, 0.4) is 0 Å². The molecule has 0 unspecified atom stereocenters. The molecule has 0 saturated carbocycles. The number of nitro groups is 1. The van der Waals surface area contributed by atoms with Gasteiger partial charge in [0.2, 0.25) is 5.24 Å². The SMILES string of the molecule is O=C(Cl)C=Cc1ccc([N+](=O)[O-])o1. The van der Waals surface area contributed by atoms with E-state index in [0.717, 1.165) is 6.08 Å². The van der Waals surface area contributed by atoms with E-state index in [2.05, 4.69) is 0 Å². The predicted molar refractivity (Wildman–Crippen MR) is 45.3 cm³/mol. The van der Waals surface area contributed by atoms with Gasteiger partial charge in [0.1, 0.15) is 10.7 Å². The highest BCUT2D eigenvalue weighted by Crippen LogP contribution is 2.16. The lowest BCUT2D eigenvalue weighted by atomic mass is 10.4. The summed E-state index contributed by atoms with van der Waals surface area (Å²) in [4.78, 5) is 19.7. The molecule has 68 valence electrons. The molecule has 1 aromatic heterocycles. The van der Waals surface area contributed by atoms with Gasteiger partial charge in [-0.05, 0) is 23.7 Å². The van der Waals surface area contributed by atoms with Crippen molar-refractivity contribution in [3.63, 3.8) is 0 Å². The fourth-order valence-corrected chi connectivity index (χ4v) is 0.741. The number of carbonyl (C=O) groups excluding carboxylic acids is 1. The third kappa shape index (κ3) is 2.72. The molecule has 0 bridgehead atoms. The fraction of sp³-hybridized carbons (Fsp3) is 0. The molecule has 1 aromatic rings. The molecule has 1 rings (SSSR count). The van der Waals surface area contributed by atoms with E-state index in [-0.39, 0.29) is 11.6 Å². The lowest BCUT2D eigenvalue weighted by molar-refractivity contribution is -0.402. The van der Waals surface area contributed by atoms with E-state index in [0.29, 0.717) is 0 Å². The second-order valence-electron chi connectivity index (χ2n) is 2.07. The molecule has 0 aliphatic rings. The zero-order valence-electron chi connectivity index (χ0n) is 6.27. The number of furan rings is 1. The molecule has 0 amide bonds. The average molecular weight is 202 g/mol. The van der Waals surface area contributed by atoms with Gasteiger partial charge in [0.25, 0.3) is 0 Å². The van der Waals surface area contributed by atoms with Crippen molar-refractivity contribution in [1.29, 1.82) is 0 Å². The summed E-state index contributed by atoms with van der Waals surface area (Å²) in [6, 6.07) is 2.56. The van der Waals surface area contributed by atoms with Gasteiger partial charge in [-0.15, -0.1) is 0 Å². The molecule has 5 nitrogen and oxygen atoms in total. The Kier molecular flexibility index (Phi) is 2.81. The number of halogens is 1. The van der Waals surface area contributed by atoms with Crippen molar-refractivity contribution in [1.82, 2.24) is 0 Å². The van der Waals surface area contributed by atoms with Crippen molar-refractivity contribution < 1.29 is 14.1 Å². The minimum absolute atomic E-state index is 0.209. The Morgan fingerprint density at radius 3 is 2.77 bits per heavy atom. The van der Waals surface area contributed by atoms with Crippen molar-refractivity contribution in [3.8, 4) is 0 Å². The molecular formula is C7H4ClNO4. The second kappa shape index (κ2) is 3.86. The number of hydrogen-bond acceptors (Lipinski definition) is 4. The molecule has 0 aliphatic carbocycles. The van der Waals surface area contributed by atoms with Crippen LogP contribution in [0, 0.1) is 10.1 Å². The van der Waals surface area contributed by atoms with Gasteiger partial charge in [-0.3, -0.25) is 14.9 Å². The summed E-state index contributed by atoms with van der Waals surface area (Å²) >= 11 is 5.00. The first-order valence-electron chi connectivity index (χ1n) is 3.21. The number of carbonyl (C=O) groups is 1. The van der Waals surface area contributed by atoms with Crippen molar-refractivity contribution in [2.24, 2.45) is 0 Å². The maximum absolute atomic E-state index is 10.3. The van der Waals surface area contributed by atoms with E-state index < -0.39 is 10.2 Å². The van der Waals surface area contributed by atoms with Crippen LogP contribution < -0.4 is 0 Å². The van der Waals surface area contributed by atoms with E-state index in [1.807, 2.05) is 0 Å². The van der Waals surface area contributed by atoms with Gasteiger partial charge < -0.3 is 4.42 Å². The summed E-state index contributed by atoms with van der Waals surface area (Å²) in [5.74, 6) is -0.164. The summed E-state index contributed by atoms with van der Waals surface area (Å²) in [6.45, 7) is 0. The van der Waals surface area contributed by atoms with Gasteiger partial charge in [-0.25, -0.2) is 0 Å². The first-order valence-corrected chi connectivity index (χ1v) is 3.59. The van der Waals surface area contributed by atoms with Crippen LogP contribution in [0.5, 0.6) is 0 Å². The standard InChI is InChI=1S/C7H4ClNO4/c8-6(10)3-1-5-2-4-7(13-5)9(11)12/h1-4H. The highest BCUT2D eigenvalue weighted by Gasteiger charge is 2.09. The number of hydrogen-bond donors (Lipinski definition) is 0. The van der Waals surface area contributed by atoms with Crippen LogP contribution in [0.4, 0.5) is 5.88 Å². The molecule has 0 fully saturated rings.